The monoisotopic (exact) mass is 193 g/mol. The van der Waals surface area contributed by atoms with Gasteiger partial charge in [-0.3, -0.25) is 4.79 Å². The first-order chi connectivity index (χ1) is 4.09. The van der Waals surface area contributed by atoms with Crippen molar-refractivity contribution in [3.8, 4) is 0 Å². The van der Waals surface area contributed by atoms with Crippen molar-refractivity contribution in [3.63, 3.8) is 0 Å². The molecular formula is C6H12BrNO. The Labute approximate surface area is 64.4 Å². The average Bonchev–Trinajstić information content (AvgIpc) is 1.84. The van der Waals surface area contributed by atoms with E-state index in [4.69, 9.17) is 0 Å². The van der Waals surface area contributed by atoms with Crippen LogP contribution in [-0.4, -0.2) is 29.2 Å². The molecule has 0 aromatic rings. The third-order valence-corrected chi connectivity index (χ3v) is 1.58. The van der Waals surface area contributed by atoms with Crippen LogP contribution >= 0.6 is 15.9 Å². The van der Waals surface area contributed by atoms with Crippen LogP contribution in [0.1, 0.15) is 13.8 Å². The van der Waals surface area contributed by atoms with Gasteiger partial charge < -0.3 is 4.90 Å². The van der Waals surface area contributed by atoms with Gasteiger partial charge in [-0.1, -0.05) is 15.9 Å². The zero-order valence-corrected chi connectivity index (χ0v) is 7.60. The summed E-state index contributed by atoms with van der Waals surface area (Å²) in [6.45, 7) is 4.55. The molecule has 0 aliphatic carbocycles. The smallest absolute Gasteiger partial charge is 0.235 e. The predicted molar refractivity (Wildman–Crippen MR) is 41.7 cm³/mol. The van der Waals surface area contributed by atoms with Gasteiger partial charge in [0, 0.05) is 13.6 Å². The fourth-order valence-electron chi connectivity index (χ4n) is 0.460. The number of nitrogens with zero attached hydrogens (tertiary/aromatic N) is 1. The van der Waals surface area contributed by atoms with E-state index in [1.54, 1.807) is 11.9 Å². The van der Waals surface area contributed by atoms with Crippen LogP contribution in [0.2, 0.25) is 0 Å². The normalized spacial score (nSPS) is 12.9. The highest BCUT2D eigenvalue weighted by atomic mass is 79.9. The second-order valence-corrected chi connectivity index (χ2v) is 3.34. The Bertz CT molecular complexity index is 103. The summed E-state index contributed by atoms with van der Waals surface area (Å²) in [4.78, 5) is 12.6. The Morgan fingerprint density at radius 1 is 1.78 bits per heavy atom. The average molecular weight is 194 g/mol. The fourth-order valence-corrected chi connectivity index (χ4v) is 0.809. The Morgan fingerprint density at radius 3 is 2.33 bits per heavy atom. The second-order valence-electron chi connectivity index (χ2n) is 1.97. The molecule has 1 atom stereocenters. The molecule has 0 aromatic carbocycles. The third-order valence-electron chi connectivity index (χ3n) is 1.19. The number of hydrogen-bond donors (Lipinski definition) is 0. The lowest BCUT2D eigenvalue weighted by Gasteiger charge is -2.15. The molecule has 0 rings (SSSR count). The minimum Gasteiger partial charge on any atom is -0.345 e. The Balaban J connectivity index is 3.73. The van der Waals surface area contributed by atoms with Crippen LogP contribution in [0.4, 0.5) is 0 Å². The van der Waals surface area contributed by atoms with E-state index < -0.39 is 0 Å². The van der Waals surface area contributed by atoms with Gasteiger partial charge in [-0.2, -0.15) is 0 Å². The zero-order chi connectivity index (χ0) is 7.44. The van der Waals surface area contributed by atoms with E-state index in [1.807, 2.05) is 13.8 Å². The van der Waals surface area contributed by atoms with E-state index in [1.165, 1.54) is 0 Å². The van der Waals surface area contributed by atoms with E-state index in [0.717, 1.165) is 6.54 Å². The summed E-state index contributed by atoms with van der Waals surface area (Å²) in [5.41, 5.74) is 0. The van der Waals surface area contributed by atoms with Crippen molar-refractivity contribution in [2.24, 2.45) is 0 Å². The summed E-state index contributed by atoms with van der Waals surface area (Å²) < 4.78 is 0. The van der Waals surface area contributed by atoms with Crippen molar-refractivity contribution < 1.29 is 4.79 Å². The molecule has 0 bridgehead atoms. The van der Waals surface area contributed by atoms with Crippen molar-refractivity contribution in [1.29, 1.82) is 0 Å². The second kappa shape index (κ2) is 3.88. The molecule has 1 amide bonds. The van der Waals surface area contributed by atoms with Gasteiger partial charge in [0.05, 0.1) is 4.83 Å². The maximum atomic E-state index is 11.0. The Morgan fingerprint density at radius 2 is 2.22 bits per heavy atom. The number of hydrogen-bond acceptors (Lipinski definition) is 1. The summed E-state index contributed by atoms with van der Waals surface area (Å²) in [6, 6.07) is 0. The van der Waals surface area contributed by atoms with E-state index in [-0.39, 0.29) is 10.7 Å². The third kappa shape index (κ3) is 2.84. The maximum absolute atomic E-state index is 11.0. The van der Waals surface area contributed by atoms with Crippen molar-refractivity contribution >= 4 is 21.8 Å². The maximum Gasteiger partial charge on any atom is 0.235 e. The lowest BCUT2D eigenvalue weighted by atomic mass is 10.4. The number of rotatable bonds is 2. The molecule has 0 aliphatic heterocycles. The first-order valence-corrected chi connectivity index (χ1v) is 3.90. The quantitative estimate of drug-likeness (QED) is 0.605. The molecule has 9 heavy (non-hydrogen) atoms. The van der Waals surface area contributed by atoms with Crippen LogP contribution in [0, 0.1) is 0 Å². The lowest BCUT2D eigenvalue weighted by Crippen LogP contribution is -2.31. The van der Waals surface area contributed by atoms with E-state index in [9.17, 15) is 4.79 Å². The largest absolute Gasteiger partial charge is 0.345 e. The van der Waals surface area contributed by atoms with Gasteiger partial charge in [0.1, 0.15) is 0 Å². The Kier molecular flexibility index (Phi) is 3.86. The van der Waals surface area contributed by atoms with Crippen molar-refractivity contribution in [2.45, 2.75) is 18.7 Å². The van der Waals surface area contributed by atoms with Gasteiger partial charge in [0.2, 0.25) is 5.91 Å². The summed E-state index contributed by atoms with van der Waals surface area (Å²) in [5.74, 6) is 0.137. The molecule has 0 saturated heterocycles. The molecule has 1 unspecified atom stereocenters. The van der Waals surface area contributed by atoms with Crippen LogP contribution < -0.4 is 0 Å². The molecule has 0 fully saturated rings. The van der Waals surface area contributed by atoms with Gasteiger partial charge >= 0.3 is 0 Å². The van der Waals surface area contributed by atoms with Crippen LogP contribution in [0.15, 0.2) is 0 Å². The Hall–Kier alpha value is -0.0500. The van der Waals surface area contributed by atoms with Crippen LogP contribution in [0.5, 0.6) is 0 Å². The first kappa shape index (κ1) is 8.95. The van der Waals surface area contributed by atoms with Gasteiger partial charge in [0.15, 0.2) is 0 Å². The van der Waals surface area contributed by atoms with Gasteiger partial charge in [0.25, 0.3) is 0 Å². The molecule has 0 saturated carbocycles. The molecule has 0 radical (unpaired) electrons. The topological polar surface area (TPSA) is 20.3 Å². The van der Waals surface area contributed by atoms with Crippen molar-refractivity contribution in [2.75, 3.05) is 13.6 Å². The van der Waals surface area contributed by atoms with Crippen LogP contribution in [0.3, 0.4) is 0 Å². The zero-order valence-electron chi connectivity index (χ0n) is 6.02. The highest BCUT2D eigenvalue weighted by Crippen LogP contribution is 2.00. The van der Waals surface area contributed by atoms with Crippen molar-refractivity contribution in [1.82, 2.24) is 4.90 Å². The molecule has 0 aliphatic rings. The van der Waals surface area contributed by atoms with Crippen LogP contribution in [-0.2, 0) is 4.79 Å². The van der Waals surface area contributed by atoms with Gasteiger partial charge in [-0.15, -0.1) is 0 Å². The molecule has 0 N–H and O–H groups in total. The predicted octanol–water partition coefficient (Wildman–Crippen LogP) is 1.25. The van der Waals surface area contributed by atoms with E-state index >= 15 is 0 Å². The van der Waals surface area contributed by atoms with Crippen LogP contribution in [0.25, 0.3) is 0 Å². The highest BCUT2D eigenvalue weighted by Gasteiger charge is 2.11. The number of carbonyl (C=O) groups excluding carboxylic acids is 1. The van der Waals surface area contributed by atoms with Gasteiger partial charge in [-0.25, -0.2) is 0 Å². The molecular weight excluding hydrogens is 182 g/mol. The number of halogens is 1. The summed E-state index contributed by atoms with van der Waals surface area (Å²) in [5, 5.41) is 0. The number of carbonyl (C=O) groups is 1. The van der Waals surface area contributed by atoms with E-state index in [2.05, 4.69) is 15.9 Å². The fraction of sp³-hybridized carbons (Fsp3) is 0.833. The number of amides is 1. The minimum absolute atomic E-state index is 0.0533. The standard InChI is InChI=1S/C6H12BrNO/c1-4-8(3)6(9)5(2)7/h5H,4H2,1-3H3. The molecule has 2 nitrogen and oxygen atoms in total. The SMILES string of the molecule is CCN(C)C(=O)C(C)Br. The summed E-state index contributed by atoms with van der Waals surface area (Å²) in [7, 11) is 1.79. The molecule has 54 valence electrons. The van der Waals surface area contributed by atoms with Gasteiger partial charge in [-0.05, 0) is 13.8 Å². The summed E-state index contributed by atoms with van der Waals surface area (Å²) >= 11 is 3.19. The minimum atomic E-state index is -0.0533. The van der Waals surface area contributed by atoms with Crippen molar-refractivity contribution in [3.05, 3.63) is 0 Å². The number of alkyl halides is 1. The molecule has 3 heteroatoms. The molecule has 0 aromatic heterocycles. The van der Waals surface area contributed by atoms with E-state index in [0.29, 0.717) is 0 Å². The molecule has 0 heterocycles. The summed E-state index contributed by atoms with van der Waals surface area (Å²) in [6.07, 6.45) is 0. The lowest BCUT2D eigenvalue weighted by molar-refractivity contribution is -0.128. The highest BCUT2D eigenvalue weighted by molar-refractivity contribution is 9.10. The molecule has 0 spiro atoms. The first-order valence-electron chi connectivity index (χ1n) is 2.98.